The Bertz CT molecular complexity index is 367. The topological polar surface area (TPSA) is 26.3 Å². The van der Waals surface area contributed by atoms with Crippen LogP contribution in [0.25, 0.3) is 0 Å². The third-order valence-electron chi connectivity index (χ3n) is 2.83. The molecule has 2 nitrogen and oxygen atoms in total. The summed E-state index contributed by atoms with van der Waals surface area (Å²) in [5, 5.41) is 0. The van der Waals surface area contributed by atoms with E-state index in [1.807, 2.05) is 24.3 Å². The zero-order valence-electron chi connectivity index (χ0n) is 9.74. The van der Waals surface area contributed by atoms with Crippen LogP contribution in [0.5, 0.6) is 5.75 Å². The highest BCUT2D eigenvalue weighted by Gasteiger charge is 2.30. The van der Waals surface area contributed by atoms with E-state index in [4.69, 9.17) is 4.74 Å². The average molecular weight is 218 g/mol. The molecule has 0 heterocycles. The number of Topliss-reactive ketones (excluding diaryl/α,β-unsaturated/α-hetero) is 1. The molecule has 0 aliphatic heterocycles. The zero-order chi connectivity index (χ0) is 11.4. The van der Waals surface area contributed by atoms with Crippen molar-refractivity contribution in [3.05, 3.63) is 29.8 Å². The van der Waals surface area contributed by atoms with E-state index in [1.165, 1.54) is 0 Å². The van der Waals surface area contributed by atoms with Gasteiger partial charge in [0.2, 0.25) is 0 Å². The number of rotatable bonds is 6. The summed E-state index contributed by atoms with van der Waals surface area (Å²) in [7, 11) is 0. The van der Waals surface area contributed by atoms with Crippen LogP contribution in [0.2, 0.25) is 0 Å². The Morgan fingerprint density at radius 2 is 2.25 bits per heavy atom. The lowest BCUT2D eigenvalue weighted by atomic mass is 10.1. The van der Waals surface area contributed by atoms with Crippen molar-refractivity contribution in [3.8, 4) is 5.75 Å². The van der Waals surface area contributed by atoms with Crippen molar-refractivity contribution in [2.75, 3.05) is 6.61 Å². The van der Waals surface area contributed by atoms with E-state index in [-0.39, 0.29) is 11.7 Å². The molecule has 2 heteroatoms. The van der Waals surface area contributed by atoms with Gasteiger partial charge in [0.1, 0.15) is 5.75 Å². The number of carbonyl (C=O) groups is 1. The molecule has 1 aromatic rings. The maximum Gasteiger partial charge on any atom is 0.166 e. The van der Waals surface area contributed by atoms with Crippen molar-refractivity contribution in [2.45, 2.75) is 32.6 Å². The van der Waals surface area contributed by atoms with Crippen molar-refractivity contribution in [2.24, 2.45) is 5.92 Å². The van der Waals surface area contributed by atoms with Gasteiger partial charge in [-0.2, -0.15) is 0 Å². The number of benzene rings is 1. The molecule has 1 aliphatic carbocycles. The molecule has 0 N–H and O–H groups in total. The molecule has 16 heavy (non-hydrogen) atoms. The Balaban J connectivity index is 1.98. The Kier molecular flexibility index (Phi) is 3.60. The summed E-state index contributed by atoms with van der Waals surface area (Å²) in [5.41, 5.74) is 0.802. The fraction of sp³-hybridized carbons (Fsp3) is 0.500. The molecule has 2 rings (SSSR count). The predicted molar refractivity (Wildman–Crippen MR) is 63.9 cm³/mol. The first kappa shape index (κ1) is 11.2. The van der Waals surface area contributed by atoms with Gasteiger partial charge < -0.3 is 4.74 Å². The van der Waals surface area contributed by atoms with Gasteiger partial charge in [-0.3, -0.25) is 4.79 Å². The van der Waals surface area contributed by atoms with Crippen LogP contribution in [0.1, 0.15) is 43.0 Å². The van der Waals surface area contributed by atoms with Crippen LogP contribution >= 0.6 is 0 Å². The lowest BCUT2D eigenvalue weighted by Crippen LogP contribution is -2.02. The molecular weight excluding hydrogens is 200 g/mol. The molecular formula is C14H18O2. The van der Waals surface area contributed by atoms with Gasteiger partial charge in [-0.05, 0) is 31.4 Å². The first-order chi connectivity index (χ1) is 7.81. The Labute approximate surface area is 96.6 Å². The highest BCUT2D eigenvalue weighted by Crippen LogP contribution is 2.33. The Morgan fingerprint density at radius 3 is 2.94 bits per heavy atom. The van der Waals surface area contributed by atoms with E-state index in [2.05, 4.69) is 6.92 Å². The van der Waals surface area contributed by atoms with Crippen molar-refractivity contribution in [1.82, 2.24) is 0 Å². The summed E-state index contributed by atoms with van der Waals surface area (Å²) >= 11 is 0. The van der Waals surface area contributed by atoms with E-state index in [0.717, 1.165) is 43.6 Å². The van der Waals surface area contributed by atoms with Gasteiger partial charge >= 0.3 is 0 Å². The van der Waals surface area contributed by atoms with Crippen LogP contribution in [0, 0.1) is 5.92 Å². The average Bonchev–Trinajstić information content (AvgIpc) is 3.13. The molecule has 0 bridgehead atoms. The maximum absolute atomic E-state index is 11.8. The number of hydrogen-bond acceptors (Lipinski definition) is 2. The first-order valence-corrected chi connectivity index (χ1v) is 6.08. The van der Waals surface area contributed by atoms with Crippen LogP contribution in [0.4, 0.5) is 0 Å². The van der Waals surface area contributed by atoms with E-state index in [9.17, 15) is 4.79 Å². The normalized spacial score (nSPS) is 14.8. The third kappa shape index (κ3) is 2.84. The summed E-state index contributed by atoms with van der Waals surface area (Å²) in [4.78, 5) is 11.8. The molecule has 0 aromatic heterocycles. The Hall–Kier alpha value is -1.31. The highest BCUT2D eigenvalue weighted by molar-refractivity contribution is 5.99. The van der Waals surface area contributed by atoms with Crippen LogP contribution in [0.15, 0.2) is 24.3 Å². The number of ketones is 1. The molecule has 1 aliphatic rings. The fourth-order valence-electron chi connectivity index (χ4n) is 1.65. The smallest absolute Gasteiger partial charge is 0.166 e. The molecule has 0 saturated heterocycles. The van der Waals surface area contributed by atoms with E-state index in [1.54, 1.807) is 0 Å². The first-order valence-electron chi connectivity index (χ1n) is 6.08. The van der Waals surface area contributed by atoms with Gasteiger partial charge in [0.15, 0.2) is 5.78 Å². The summed E-state index contributed by atoms with van der Waals surface area (Å²) in [6.45, 7) is 2.87. The standard InChI is InChI=1S/C14H18O2/c1-2-3-9-16-13-6-4-5-12(10-13)14(15)11-7-8-11/h4-6,10-11H,2-3,7-9H2,1H3. The van der Waals surface area contributed by atoms with E-state index in [0.29, 0.717) is 0 Å². The Morgan fingerprint density at radius 1 is 1.44 bits per heavy atom. The SMILES string of the molecule is CCCCOc1cccc(C(=O)C2CC2)c1. The van der Waals surface area contributed by atoms with Crippen molar-refractivity contribution in [1.29, 1.82) is 0 Å². The van der Waals surface area contributed by atoms with E-state index < -0.39 is 0 Å². The van der Waals surface area contributed by atoms with E-state index >= 15 is 0 Å². The zero-order valence-corrected chi connectivity index (χ0v) is 9.74. The largest absolute Gasteiger partial charge is 0.494 e. The molecule has 1 saturated carbocycles. The summed E-state index contributed by atoms with van der Waals surface area (Å²) in [5.74, 6) is 1.38. The quantitative estimate of drug-likeness (QED) is 0.540. The highest BCUT2D eigenvalue weighted by atomic mass is 16.5. The molecule has 0 atom stereocenters. The second kappa shape index (κ2) is 5.15. The van der Waals surface area contributed by atoms with Crippen LogP contribution in [-0.2, 0) is 0 Å². The van der Waals surface area contributed by atoms with Crippen LogP contribution in [-0.4, -0.2) is 12.4 Å². The minimum Gasteiger partial charge on any atom is -0.494 e. The third-order valence-corrected chi connectivity index (χ3v) is 2.83. The fourth-order valence-corrected chi connectivity index (χ4v) is 1.65. The van der Waals surface area contributed by atoms with Crippen LogP contribution < -0.4 is 4.74 Å². The monoisotopic (exact) mass is 218 g/mol. The van der Waals surface area contributed by atoms with Crippen molar-refractivity contribution >= 4 is 5.78 Å². The number of hydrogen-bond donors (Lipinski definition) is 0. The molecule has 1 aromatic carbocycles. The summed E-state index contributed by atoms with van der Waals surface area (Å²) in [6.07, 6.45) is 4.29. The lowest BCUT2D eigenvalue weighted by molar-refractivity contribution is 0.0967. The van der Waals surface area contributed by atoms with Gasteiger partial charge in [0.25, 0.3) is 0 Å². The number of unbranched alkanes of at least 4 members (excludes halogenated alkanes) is 1. The second-order valence-electron chi connectivity index (χ2n) is 4.37. The molecule has 86 valence electrons. The molecule has 0 spiro atoms. The van der Waals surface area contributed by atoms with Crippen molar-refractivity contribution in [3.63, 3.8) is 0 Å². The molecule has 0 unspecified atom stereocenters. The molecule has 0 radical (unpaired) electrons. The van der Waals surface area contributed by atoms with Gasteiger partial charge in [-0.1, -0.05) is 25.5 Å². The molecule has 0 amide bonds. The van der Waals surface area contributed by atoms with Crippen molar-refractivity contribution < 1.29 is 9.53 Å². The van der Waals surface area contributed by atoms with Gasteiger partial charge in [0.05, 0.1) is 6.61 Å². The van der Waals surface area contributed by atoms with Gasteiger partial charge in [-0.15, -0.1) is 0 Å². The maximum atomic E-state index is 11.8. The summed E-state index contributed by atoms with van der Waals surface area (Å²) in [6, 6.07) is 7.57. The minimum absolute atomic E-state index is 0.279. The predicted octanol–water partition coefficient (Wildman–Crippen LogP) is 3.46. The van der Waals surface area contributed by atoms with Crippen LogP contribution in [0.3, 0.4) is 0 Å². The second-order valence-corrected chi connectivity index (χ2v) is 4.37. The summed E-state index contributed by atoms with van der Waals surface area (Å²) < 4.78 is 5.59. The van der Waals surface area contributed by atoms with Gasteiger partial charge in [0, 0.05) is 11.5 Å². The number of carbonyl (C=O) groups excluding carboxylic acids is 1. The molecule has 1 fully saturated rings. The minimum atomic E-state index is 0.279. The number of ether oxygens (including phenoxy) is 1. The lowest BCUT2D eigenvalue weighted by Gasteiger charge is -2.06. The van der Waals surface area contributed by atoms with Gasteiger partial charge in [-0.25, -0.2) is 0 Å².